The first kappa shape index (κ1) is 25.7. The van der Waals surface area contributed by atoms with Crippen LogP contribution in [0.5, 0.6) is 0 Å². The van der Waals surface area contributed by atoms with Crippen molar-refractivity contribution in [1.29, 1.82) is 0 Å². The highest BCUT2D eigenvalue weighted by Crippen LogP contribution is 2.12. The average Bonchev–Trinajstić information content (AvgIpc) is 3.14. The number of hydrogen-bond acceptors (Lipinski definition) is 12. The lowest BCUT2D eigenvalue weighted by atomic mass is 10.1. The van der Waals surface area contributed by atoms with Crippen molar-refractivity contribution in [1.82, 2.24) is 24.8 Å². The van der Waals surface area contributed by atoms with Crippen molar-refractivity contribution in [3.8, 4) is 0 Å². The highest BCUT2D eigenvalue weighted by Gasteiger charge is 2.21. The lowest BCUT2D eigenvalue weighted by Gasteiger charge is -2.16. The highest BCUT2D eigenvalue weighted by atomic mass is 32.2. The number of hydrogen-bond donors (Lipinski definition) is 3. The van der Waals surface area contributed by atoms with E-state index < -0.39 is 22.6 Å². The Balaban J connectivity index is 1.80. The van der Waals surface area contributed by atoms with E-state index in [-0.39, 0.29) is 73.0 Å². The summed E-state index contributed by atoms with van der Waals surface area (Å²) >= 11 is 0.849. The molecule has 1 atom stereocenters. The summed E-state index contributed by atoms with van der Waals surface area (Å²) in [5, 5.41) is 11.4. The SMILES string of the molecule is CC(=O)N[C@@H](CSC(=O)CCCO[N+](=O)[O-])C(=O)CCOCn1cnc2c(=O)[nH]c(N)nc21. The minimum Gasteiger partial charge on any atom is -0.369 e. The number of carbonyl (C=O) groups is 3. The number of fused-ring (bicyclic) bond motifs is 1. The summed E-state index contributed by atoms with van der Waals surface area (Å²) in [6.07, 6.45) is 1.50. The second-order valence-corrected chi connectivity index (χ2v) is 7.77. The van der Waals surface area contributed by atoms with E-state index in [1.165, 1.54) is 17.8 Å². The second-order valence-electron chi connectivity index (χ2n) is 6.69. The Bertz CT molecular complexity index is 1070. The van der Waals surface area contributed by atoms with Gasteiger partial charge in [0.05, 0.1) is 25.6 Å². The molecule has 0 unspecified atom stereocenters. The van der Waals surface area contributed by atoms with Crippen molar-refractivity contribution in [2.24, 2.45) is 0 Å². The zero-order chi connectivity index (χ0) is 24.4. The average molecular weight is 485 g/mol. The van der Waals surface area contributed by atoms with Crippen molar-refractivity contribution in [3.63, 3.8) is 0 Å². The molecule has 0 aliphatic rings. The molecule has 2 rings (SSSR count). The summed E-state index contributed by atoms with van der Waals surface area (Å²) in [6.45, 7) is 1.02. The number of aromatic nitrogens is 4. The van der Waals surface area contributed by atoms with Crippen LogP contribution in [0.2, 0.25) is 0 Å². The number of anilines is 1. The number of rotatable bonds is 14. The van der Waals surface area contributed by atoms with E-state index in [4.69, 9.17) is 10.5 Å². The summed E-state index contributed by atoms with van der Waals surface area (Å²) in [5.41, 5.74) is 5.38. The van der Waals surface area contributed by atoms with Crippen LogP contribution in [-0.2, 0) is 30.7 Å². The van der Waals surface area contributed by atoms with Gasteiger partial charge in [0.15, 0.2) is 22.1 Å². The van der Waals surface area contributed by atoms with Gasteiger partial charge in [0, 0.05) is 25.5 Å². The van der Waals surface area contributed by atoms with Crippen LogP contribution in [0.15, 0.2) is 11.1 Å². The van der Waals surface area contributed by atoms with Gasteiger partial charge in [0.1, 0.15) is 6.73 Å². The number of aromatic amines is 1. The van der Waals surface area contributed by atoms with Gasteiger partial charge in [-0.15, -0.1) is 10.1 Å². The molecule has 15 nitrogen and oxygen atoms in total. The molecule has 180 valence electrons. The van der Waals surface area contributed by atoms with Crippen molar-refractivity contribution >= 4 is 45.7 Å². The molecule has 0 saturated carbocycles. The number of nitrogens with zero attached hydrogens (tertiary/aromatic N) is 4. The summed E-state index contributed by atoms with van der Waals surface area (Å²) in [6, 6.07) is -0.899. The largest absolute Gasteiger partial charge is 0.369 e. The number of imidazole rings is 1. The Kier molecular flexibility index (Phi) is 9.74. The molecular weight excluding hydrogens is 462 g/mol. The van der Waals surface area contributed by atoms with Crippen molar-refractivity contribution in [3.05, 3.63) is 26.8 Å². The minimum atomic E-state index is -0.938. The molecule has 16 heteroatoms. The van der Waals surface area contributed by atoms with E-state index in [1.54, 1.807) is 0 Å². The number of thioether (sulfide) groups is 1. The van der Waals surface area contributed by atoms with E-state index in [2.05, 4.69) is 25.1 Å². The lowest BCUT2D eigenvalue weighted by molar-refractivity contribution is -0.757. The normalized spacial score (nSPS) is 11.8. The predicted molar refractivity (Wildman–Crippen MR) is 115 cm³/mol. The van der Waals surface area contributed by atoms with Gasteiger partial charge in [-0.25, -0.2) is 4.98 Å². The number of H-pyrrole nitrogens is 1. The Morgan fingerprint density at radius 1 is 1.36 bits per heavy atom. The fourth-order valence-corrected chi connectivity index (χ4v) is 3.55. The van der Waals surface area contributed by atoms with Crippen LogP contribution in [0.1, 0.15) is 26.2 Å². The molecule has 2 aromatic rings. The zero-order valence-electron chi connectivity index (χ0n) is 17.6. The van der Waals surface area contributed by atoms with Crippen LogP contribution in [0.25, 0.3) is 11.2 Å². The zero-order valence-corrected chi connectivity index (χ0v) is 18.5. The number of ketones is 1. The summed E-state index contributed by atoms with van der Waals surface area (Å²) in [5.74, 6) is -0.817. The Morgan fingerprint density at radius 3 is 2.82 bits per heavy atom. The number of carbonyl (C=O) groups excluding carboxylic acids is 3. The van der Waals surface area contributed by atoms with Gasteiger partial charge in [0.2, 0.25) is 11.9 Å². The third kappa shape index (κ3) is 8.49. The Labute approximate surface area is 190 Å². The van der Waals surface area contributed by atoms with Crippen LogP contribution in [-0.4, -0.2) is 66.4 Å². The van der Waals surface area contributed by atoms with Gasteiger partial charge in [-0.3, -0.25) is 28.7 Å². The van der Waals surface area contributed by atoms with Gasteiger partial charge >= 0.3 is 0 Å². The number of nitrogen functional groups attached to an aromatic ring is 1. The van der Waals surface area contributed by atoms with Gasteiger partial charge in [-0.1, -0.05) is 11.8 Å². The molecule has 2 heterocycles. The smallest absolute Gasteiger partial charge is 0.294 e. The van der Waals surface area contributed by atoms with Gasteiger partial charge in [0.25, 0.3) is 10.6 Å². The summed E-state index contributed by atoms with van der Waals surface area (Å²) < 4.78 is 6.91. The van der Waals surface area contributed by atoms with Gasteiger partial charge in [-0.05, 0) is 6.42 Å². The first-order valence-corrected chi connectivity index (χ1v) is 10.7. The van der Waals surface area contributed by atoms with E-state index in [0.29, 0.717) is 0 Å². The summed E-state index contributed by atoms with van der Waals surface area (Å²) in [7, 11) is 0. The molecule has 1 amide bonds. The van der Waals surface area contributed by atoms with Crippen molar-refractivity contribution < 1.29 is 29.0 Å². The first-order valence-electron chi connectivity index (χ1n) is 9.68. The van der Waals surface area contributed by atoms with Gasteiger partial charge < -0.3 is 20.6 Å². The third-order valence-corrected chi connectivity index (χ3v) is 5.14. The molecule has 0 fully saturated rings. The van der Waals surface area contributed by atoms with E-state index in [1.807, 2.05) is 0 Å². The second kappa shape index (κ2) is 12.5. The standard InChI is InChI=1S/C17H23N7O8S/c1-10(25)20-11(7-33-13(27)3-2-5-32-24(29)30)12(26)4-6-31-9-23-8-19-14-15(23)21-17(18)22-16(14)28/h8,11H,2-7,9H2,1H3,(H,20,25)(H3,18,21,22,28)/t11-/m0/s1. The van der Waals surface area contributed by atoms with Crippen LogP contribution in [0.3, 0.4) is 0 Å². The monoisotopic (exact) mass is 485 g/mol. The molecule has 33 heavy (non-hydrogen) atoms. The maximum Gasteiger partial charge on any atom is 0.294 e. The number of nitrogens with two attached hydrogens (primary N) is 1. The first-order chi connectivity index (χ1) is 15.7. The molecule has 0 radical (unpaired) electrons. The third-order valence-electron chi connectivity index (χ3n) is 4.12. The molecule has 0 bridgehead atoms. The van der Waals surface area contributed by atoms with Crippen LogP contribution in [0.4, 0.5) is 5.95 Å². The van der Waals surface area contributed by atoms with Crippen molar-refractivity contribution in [2.45, 2.75) is 39.0 Å². The maximum atomic E-state index is 12.5. The quantitative estimate of drug-likeness (QED) is 0.173. The number of Topliss-reactive ketones (excluding diaryl/α,β-unsaturated/α-hetero) is 1. The van der Waals surface area contributed by atoms with Crippen molar-refractivity contribution in [2.75, 3.05) is 24.7 Å². The van der Waals surface area contributed by atoms with E-state index in [9.17, 15) is 29.3 Å². The van der Waals surface area contributed by atoms with Crippen LogP contribution < -0.4 is 16.6 Å². The van der Waals surface area contributed by atoms with E-state index in [0.717, 1.165) is 11.8 Å². The van der Waals surface area contributed by atoms with Crippen LogP contribution in [0, 0.1) is 10.1 Å². The molecular formula is C17H23N7O8S. The predicted octanol–water partition coefficient (Wildman–Crippen LogP) is -0.612. The molecule has 4 N–H and O–H groups in total. The molecule has 0 aliphatic carbocycles. The van der Waals surface area contributed by atoms with Gasteiger partial charge in [-0.2, -0.15) is 4.98 Å². The summed E-state index contributed by atoms with van der Waals surface area (Å²) in [4.78, 5) is 72.0. The molecule has 2 aromatic heterocycles. The van der Waals surface area contributed by atoms with E-state index >= 15 is 0 Å². The molecule has 0 aliphatic heterocycles. The Hall–Kier alpha value is -3.53. The fourth-order valence-electron chi connectivity index (χ4n) is 2.64. The topological polar surface area (TPSA) is 214 Å². The number of amides is 1. The Morgan fingerprint density at radius 2 is 2.12 bits per heavy atom. The minimum absolute atomic E-state index is 0.00407. The molecule has 0 saturated heterocycles. The highest BCUT2D eigenvalue weighted by molar-refractivity contribution is 8.13. The fraction of sp³-hybridized carbons (Fsp3) is 0.529. The number of nitrogens with one attached hydrogen (secondary N) is 2. The van der Waals surface area contributed by atoms with Crippen LogP contribution >= 0.6 is 11.8 Å². The lowest BCUT2D eigenvalue weighted by Crippen LogP contribution is -2.42. The molecule has 0 spiro atoms. The molecule has 0 aromatic carbocycles. The maximum absolute atomic E-state index is 12.5. The number of ether oxygens (including phenoxy) is 1.